The van der Waals surface area contributed by atoms with E-state index in [1.807, 2.05) is 0 Å². The van der Waals surface area contributed by atoms with Crippen LogP contribution in [0.4, 0.5) is 0 Å². The Morgan fingerprint density at radius 3 is 2.67 bits per heavy atom. The molecule has 1 aliphatic heterocycles. The molecule has 0 aromatic heterocycles. The van der Waals surface area contributed by atoms with Gasteiger partial charge in [-0.05, 0) is 61.8 Å². The van der Waals surface area contributed by atoms with E-state index < -0.39 is 0 Å². The van der Waals surface area contributed by atoms with Crippen molar-refractivity contribution in [3.8, 4) is 0 Å². The zero-order valence-electron chi connectivity index (χ0n) is 11.1. The van der Waals surface area contributed by atoms with Gasteiger partial charge in [0.1, 0.15) is 0 Å². The van der Waals surface area contributed by atoms with E-state index >= 15 is 0 Å². The van der Waals surface area contributed by atoms with E-state index in [1.54, 1.807) is 11.1 Å². The highest BCUT2D eigenvalue weighted by molar-refractivity contribution is 5.35. The Morgan fingerprint density at radius 2 is 1.89 bits per heavy atom. The van der Waals surface area contributed by atoms with Gasteiger partial charge in [-0.1, -0.05) is 24.6 Å². The molecule has 0 radical (unpaired) electrons. The molecule has 3 rings (SSSR count). The molecule has 2 atom stereocenters. The Balaban J connectivity index is 1.78. The Labute approximate surface area is 110 Å². The second kappa shape index (κ2) is 5.41. The predicted octanol–water partition coefficient (Wildman–Crippen LogP) is 2.71. The second-order valence-corrected chi connectivity index (χ2v) is 5.82. The van der Waals surface area contributed by atoms with Gasteiger partial charge in [-0.2, -0.15) is 0 Å². The summed E-state index contributed by atoms with van der Waals surface area (Å²) in [6, 6.07) is 7.57. The molecule has 0 spiro atoms. The molecule has 1 aromatic rings. The zero-order valence-corrected chi connectivity index (χ0v) is 11.1. The van der Waals surface area contributed by atoms with E-state index in [1.165, 1.54) is 50.5 Å². The van der Waals surface area contributed by atoms with Crippen molar-refractivity contribution in [2.24, 2.45) is 5.73 Å². The van der Waals surface area contributed by atoms with Crippen LogP contribution in [0.2, 0.25) is 0 Å². The van der Waals surface area contributed by atoms with E-state index in [4.69, 9.17) is 5.73 Å². The molecular weight excluding hydrogens is 220 g/mol. The van der Waals surface area contributed by atoms with E-state index in [-0.39, 0.29) is 6.04 Å². The summed E-state index contributed by atoms with van der Waals surface area (Å²) in [5, 5.41) is 3.57. The van der Waals surface area contributed by atoms with E-state index in [9.17, 15) is 0 Å². The number of fused-ring (bicyclic) bond motifs is 1. The molecule has 2 nitrogen and oxygen atoms in total. The predicted molar refractivity (Wildman–Crippen MR) is 75.7 cm³/mol. The van der Waals surface area contributed by atoms with Crippen molar-refractivity contribution in [2.45, 2.75) is 57.0 Å². The average Bonchev–Trinajstić information content (AvgIpc) is 2.47. The number of benzene rings is 1. The number of nitrogens with one attached hydrogen (secondary N) is 1. The van der Waals surface area contributed by atoms with Crippen molar-refractivity contribution in [1.29, 1.82) is 0 Å². The number of hydrogen-bond acceptors (Lipinski definition) is 2. The van der Waals surface area contributed by atoms with Crippen molar-refractivity contribution in [3.63, 3.8) is 0 Å². The lowest BCUT2D eigenvalue weighted by atomic mass is 9.87. The molecule has 0 amide bonds. The first-order chi connectivity index (χ1) is 8.84. The molecule has 1 aliphatic carbocycles. The molecule has 18 heavy (non-hydrogen) atoms. The summed E-state index contributed by atoms with van der Waals surface area (Å²) in [5.74, 6) is 0. The Kier molecular flexibility index (Phi) is 3.67. The Hall–Kier alpha value is -0.860. The van der Waals surface area contributed by atoms with Crippen LogP contribution >= 0.6 is 0 Å². The van der Waals surface area contributed by atoms with Gasteiger partial charge in [-0.15, -0.1) is 0 Å². The van der Waals surface area contributed by atoms with Gasteiger partial charge in [0, 0.05) is 12.1 Å². The van der Waals surface area contributed by atoms with Crippen LogP contribution in [0.3, 0.4) is 0 Å². The van der Waals surface area contributed by atoms with Crippen molar-refractivity contribution >= 4 is 0 Å². The molecule has 98 valence electrons. The third kappa shape index (κ3) is 2.45. The molecular formula is C16H24N2. The third-order valence-electron chi connectivity index (χ3n) is 4.54. The van der Waals surface area contributed by atoms with Crippen LogP contribution < -0.4 is 11.1 Å². The number of piperidine rings is 1. The molecule has 1 fully saturated rings. The fraction of sp³-hybridized carbons (Fsp3) is 0.625. The minimum absolute atomic E-state index is 0.164. The minimum atomic E-state index is 0.164. The molecule has 0 bridgehead atoms. The molecule has 3 N–H and O–H groups in total. The van der Waals surface area contributed by atoms with Crippen LogP contribution in [0.15, 0.2) is 18.2 Å². The second-order valence-electron chi connectivity index (χ2n) is 5.82. The maximum atomic E-state index is 6.44. The molecule has 2 heteroatoms. The van der Waals surface area contributed by atoms with Gasteiger partial charge in [0.15, 0.2) is 0 Å². The molecule has 1 saturated heterocycles. The SMILES string of the molecule is NC(c1ccc2c(c1)CCCC2)C1CCCCN1. The van der Waals surface area contributed by atoms with Gasteiger partial charge >= 0.3 is 0 Å². The summed E-state index contributed by atoms with van der Waals surface area (Å²) >= 11 is 0. The number of rotatable bonds is 2. The maximum Gasteiger partial charge on any atom is 0.0450 e. The van der Waals surface area contributed by atoms with E-state index in [0.29, 0.717) is 6.04 Å². The first-order valence-corrected chi connectivity index (χ1v) is 7.45. The molecule has 0 saturated carbocycles. The molecule has 2 unspecified atom stereocenters. The molecule has 2 aliphatic rings. The zero-order chi connectivity index (χ0) is 12.4. The van der Waals surface area contributed by atoms with Crippen molar-refractivity contribution in [2.75, 3.05) is 6.54 Å². The highest BCUT2D eigenvalue weighted by Gasteiger charge is 2.22. The van der Waals surface area contributed by atoms with Crippen LogP contribution in [-0.4, -0.2) is 12.6 Å². The lowest BCUT2D eigenvalue weighted by Gasteiger charge is -2.30. The van der Waals surface area contributed by atoms with Gasteiger partial charge in [-0.3, -0.25) is 0 Å². The molecule has 1 heterocycles. The first kappa shape index (κ1) is 12.2. The summed E-state index contributed by atoms with van der Waals surface area (Å²) in [5.41, 5.74) is 10.9. The lowest BCUT2D eigenvalue weighted by Crippen LogP contribution is -2.42. The summed E-state index contributed by atoms with van der Waals surface area (Å²) in [4.78, 5) is 0. The fourth-order valence-electron chi connectivity index (χ4n) is 3.38. The fourth-order valence-corrected chi connectivity index (χ4v) is 3.38. The van der Waals surface area contributed by atoms with Crippen LogP contribution in [0, 0.1) is 0 Å². The van der Waals surface area contributed by atoms with Crippen LogP contribution in [0.5, 0.6) is 0 Å². The van der Waals surface area contributed by atoms with Gasteiger partial charge in [0.2, 0.25) is 0 Å². The summed E-state index contributed by atoms with van der Waals surface area (Å²) in [6.07, 6.45) is 9.03. The van der Waals surface area contributed by atoms with Crippen LogP contribution in [0.25, 0.3) is 0 Å². The standard InChI is InChI=1S/C16H24N2/c17-16(15-7-3-4-10-18-15)14-9-8-12-5-1-2-6-13(12)11-14/h8-9,11,15-16,18H,1-7,10,17H2. The summed E-state index contributed by atoms with van der Waals surface area (Å²) in [7, 11) is 0. The van der Waals surface area contributed by atoms with Gasteiger partial charge in [0.05, 0.1) is 0 Å². The monoisotopic (exact) mass is 244 g/mol. The van der Waals surface area contributed by atoms with E-state index in [0.717, 1.165) is 6.54 Å². The van der Waals surface area contributed by atoms with E-state index in [2.05, 4.69) is 23.5 Å². The highest BCUT2D eigenvalue weighted by Crippen LogP contribution is 2.27. The normalized spacial score (nSPS) is 25.5. The molecule has 1 aromatic carbocycles. The summed E-state index contributed by atoms with van der Waals surface area (Å²) in [6.45, 7) is 1.13. The highest BCUT2D eigenvalue weighted by atomic mass is 15.0. The Morgan fingerprint density at radius 1 is 1.06 bits per heavy atom. The topological polar surface area (TPSA) is 38.0 Å². The number of hydrogen-bond donors (Lipinski definition) is 2. The minimum Gasteiger partial charge on any atom is -0.323 e. The van der Waals surface area contributed by atoms with Crippen molar-refractivity contribution in [3.05, 3.63) is 34.9 Å². The van der Waals surface area contributed by atoms with Crippen LogP contribution in [-0.2, 0) is 12.8 Å². The van der Waals surface area contributed by atoms with Gasteiger partial charge < -0.3 is 11.1 Å². The smallest absolute Gasteiger partial charge is 0.0450 e. The summed E-state index contributed by atoms with van der Waals surface area (Å²) < 4.78 is 0. The average molecular weight is 244 g/mol. The number of nitrogens with two attached hydrogens (primary N) is 1. The Bertz CT molecular complexity index is 408. The van der Waals surface area contributed by atoms with Crippen molar-refractivity contribution < 1.29 is 0 Å². The van der Waals surface area contributed by atoms with Gasteiger partial charge in [0.25, 0.3) is 0 Å². The quantitative estimate of drug-likeness (QED) is 0.839. The third-order valence-corrected chi connectivity index (χ3v) is 4.54. The van der Waals surface area contributed by atoms with Crippen molar-refractivity contribution in [1.82, 2.24) is 5.32 Å². The largest absolute Gasteiger partial charge is 0.323 e. The first-order valence-electron chi connectivity index (χ1n) is 7.45. The number of aryl methyl sites for hydroxylation is 2. The lowest BCUT2D eigenvalue weighted by molar-refractivity contribution is 0.353. The maximum absolute atomic E-state index is 6.44. The van der Waals surface area contributed by atoms with Gasteiger partial charge in [-0.25, -0.2) is 0 Å². The van der Waals surface area contributed by atoms with Crippen LogP contribution in [0.1, 0.15) is 54.8 Å².